The Labute approximate surface area is 143 Å². The van der Waals surface area contributed by atoms with E-state index in [1.54, 1.807) is 6.07 Å². The average Bonchev–Trinajstić information content (AvgIpc) is 2.50. The molecule has 0 aliphatic carbocycles. The van der Waals surface area contributed by atoms with Crippen LogP contribution in [0.15, 0.2) is 42.5 Å². The number of nitrogens with one attached hydrogen (secondary N) is 1. The SMILES string of the molecule is Cc1ccc(NC(=O)[C@H](C)c2ccc(CC(C)C)cc2)cc1Cl. The Kier molecular flexibility index (Phi) is 5.84. The van der Waals surface area contributed by atoms with Crippen molar-refractivity contribution in [3.05, 3.63) is 64.2 Å². The molecule has 0 saturated carbocycles. The predicted octanol–water partition coefficient (Wildman–Crippen LogP) is 5.59. The first kappa shape index (κ1) is 17.6. The van der Waals surface area contributed by atoms with E-state index in [1.165, 1.54) is 5.56 Å². The van der Waals surface area contributed by atoms with Gasteiger partial charge in [0, 0.05) is 10.7 Å². The van der Waals surface area contributed by atoms with Crippen LogP contribution in [-0.4, -0.2) is 5.91 Å². The molecule has 2 aromatic rings. The highest BCUT2D eigenvalue weighted by Gasteiger charge is 2.15. The summed E-state index contributed by atoms with van der Waals surface area (Å²) in [6, 6.07) is 13.9. The Morgan fingerprint density at radius 1 is 1.09 bits per heavy atom. The molecule has 0 saturated heterocycles. The van der Waals surface area contributed by atoms with Crippen LogP contribution in [0.4, 0.5) is 5.69 Å². The molecular formula is C20H24ClNO. The third-order valence-corrected chi connectivity index (χ3v) is 4.36. The average molecular weight is 330 g/mol. The van der Waals surface area contributed by atoms with E-state index in [0.29, 0.717) is 10.9 Å². The summed E-state index contributed by atoms with van der Waals surface area (Å²) in [5.41, 5.74) is 4.06. The van der Waals surface area contributed by atoms with Crippen LogP contribution in [0.25, 0.3) is 0 Å². The number of benzene rings is 2. The Hall–Kier alpha value is -1.80. The van der Waals surface area contributed by atoms with Crippen molar-refractivity contribution in [3.8, 4) is 0 Å². The normalized spacial score (nSPS) is 12.3. The lowest BCUT2D eigenvalue weighted by molar-refractivity contribution is -0.117. The molecule has 0 unspecified atom stereocenters. The van der Waals surface area contributed by atoms with Gasteiger partial charge in [0.25, 0.3) is 0 Å². The molecule has 2 nitrogen and oxygen atoms in total. The van der Waals surface area contributed by atoms with E-state index in [9.17, 15) is 4.79 Å². The Morgan fingerprint density at radius 2 is 1.74 bits per heavy atom. The number of carbonyl (C=O) groups is 1. The molecule has 1 N–H and O–H groups in total. The van der Waals surface area contributed by atoms with Crippen LogP contribution in [-0.2, 0) is 11.2 Å². The van der Waals surface area contributed by atoms with Gasteiger partial charge in [-0.25, -0.2) is 0 Å². The van der Waals surface area contributed by atoms with Crippen molar-refractivity contribution in [2.75, 3.05) is 5.32 Å². The van der Waals surface area contributed by atoms with E-state index in [-0.39, 0.29) is 11.8 Å². The zero-order chi connectivity index (χ0) is 17.0. The summed E-state index contributed by atoms with van der Waals surface area (Å²) in [4.78, 5) is 12.4. The first-order valence-electron chi connectivity index (χ1n) is 8.02. The number of carbonyl (C=O) groups excluding carboxylic acids is 1. The minimum atomic E-state index is -0.205. The molecule has 3 heteroatoms. The highest BCUT2D eigenvalue weighted by Crippen LogP contribution is 2.23. The quantitative estimate of drug-likeness (QED) is 0.761. The maximum absolute atomic E-state index is 12.4. The lowest BCUT2D eigenvalue weighted by Crippen LogP contribution is -2.18. The molecule has 2 rings (SSSR count). The second kappa shape index (κ2) is 7.65. The first-order chi connectivity index (χ1) is 10.9. The van der Waals surface area contributed by atoms with Crippen molar-refractivity contribution in [1.29, 1.82) is 0 Å². The Bertz CT molecular complexity index is 677. The lowest BCUT2D eigenvalue weighted by Gasteiger charge is -2.14. The molecule has 0 fully saturated rings. The molecule has 23 heavy (non-hydrogen) atoms. The summed E-state index contributed by atoms with van der Waals surface area (Å²) < 4.78 is 0. The van der Waals surface area contributed by atoms with Gasteiger partial charge < -0.3 is 5.32 Å². The van der Waals surface area contributed by atoms with Crippen LogP contribution in [0, 0.1) is 12.8 Å². The standard InChI is InChI=1S/C20H24ClNO/c1-13(2)11-16-6-8-17(9-7-16)15(4)20(23)22-18-10-5-14(3)19(21)12-18/h5-10,12-13,15H,11H2,1-4H3,(H,22,23)/t15-/m1/s1. The van der Waals surface area contributed by atoms with E-state index >= 15 is 0 Å². The third-order valence-electron chi connectivity index (χ3n) is 3.96. The molecule has 0 bridgehead atoms. The molecule has 1 amide bonds. The van der Waals surface area contributed by atoms with Gasteiger partial charge in [0.05, 0.1) is 5.92 Å². The molecule has 1 atom stereocenters. The van der Waals surface area contributed by atoms with Crippen LogP contribution >= 0.6 is 11.6 Å². The molecule has 122 valence electrons. The number of hydrogen-bond acceptors (Lipinski definition) is 1. The van der Waals surface area contributed by atoms with E-state index in [4.69, 9.17) is 11.6 Å². The Morgan fingerprint density at radius 3 is 2.30 bits per heavy atom. The minimum absolute atomic E-state index is 0.0264. The van der Waals surface area contributed by atoms with Crippen LogP contribution in [0.1, 0.15) is 43.4 Å². The number of amides is 1. The van der Waals surface area contributed by atoms with Gasteiger partial charge in [0.1, 0.15) is 0 Å². The summed E-state index contributed by atoms with van der Waals surface area (Å²) >= 11 is 6.10. The molecular weight excluding hydrogens is 306 g/mol. The lowest BCUT2D eigenvalue weighted by atomic mass is 9.96. The minimum Gasteiger partial charge on any atom is -0.326 e. The first-order valence-corrected chi connectivity index (χ1v) is 8.40. The second-order valence-corrected chi connectivity index (χ2v) is 6.92. The largest absolute Gasteiger partial charge is 0.326 e. The highest BCUT2D eigenvalue weighted by atomic mass is 35.5. The smallest absolute Gasteiger partial charge is 0.231 e. The fourth-order valence-electron chi connectivity index (χ4n) is 2.49. The van der Waals surface area contributed by atoms with Gasteiger partial charge in [-0.2, -0.15) is 0 Å². The number of halogens is 1. The van der Waals surface area contributed by atoms with E-state index in [1.807, 2.05) is 38.1 Å². The second-order valence-electron chi connectivity index (χ2n) is 6.51. The summed E-state index contributed by atoms with van der Waals surface area (Å²) in [7, 11) is 0. The highest BCUT2D eigenvalue weighted by molar-refractivity contribution is 6.31. The molecule has 0 aliphatic heterocycles. The number of aryl methyl sites for hydroxylation is 1. The van der Waals surface area contributed by atoms with Gasteiger partial charge in [0.15, 0.2) is 0 Å². The zero-order valence-electron chi connectivity index (χ0n) is 14.2. The summed E-state index contributed by atoms with van der Waals surface area (Å²) in [6.07, 6.45) is 1.06. The maximum Gasteiger partial charge on any atom is 0.231 e. The van der Waals surface area contributed by atoms with Gasteiger partial charge >= 0.3 is 0 Å². The van der Waals surface area contributed by atoms with E-state index in [2.05, 4.69) is 31.3 Å². The van der Waals surface area contributed by atoms with Crippen molar-refractivity contribution in [1.82, 2.24) is 0 Å². The van der Waals surface area contributed by atoms with Gasteiger partial charge in [-0.05, 0) is 55.0 Å². The molecule has 0 spiro atoms. The van der Waals surface area contributed by atoms with Gasteiger partial charge in [0.2, 0.25) is 5.91 Å². The van der Waals surface area contributed by atoms with Crippen molar-refractivity contribution in [3.63, 3.8) is 0 Å². The van der Waals surface area contributed by atoms with Crippen LogP contribution < -0.4 is 5.32 Å². The van der Waals surface area contributed by atoms with E-state index < -0.39 is 0 Å². The molecule has 0 radical (unpaired) electrons. The van der Waals surface area contributed by atoms with Gasteiger partial charge in [-0.3, -0.25) is 4.79 Å². The van der Waals surface area contributed by atoms with Gasteiger partial charge in [-0.1, -0.05) is 55.8 Å². The fourth-order valence-corrected chi connectivity index (χ4v) is 2.67. The maximum atomic E-state index is 12.4. The fraction of sp³-hybridized carbons (Fsp3) is 0.350. The molecule has 0 aromatic heterocycles. The molecule has 0 heterocycles. The van der Waals surface area contributed by atoms with Crippen molar-refractivity contribution in [2.24, 2.45) is 5.92 Å². The van der Waals surface area contributed by atoms with Crippen molar-refractivity contribution >= 4 is 23.2 Å². The van der Waals surface area contributed by atoms with E-state index in [0.717, 1.165) is 23.2 Å². The summed E-state index contributed by atoms with van der Waals surface area (Å²) in [6.45, 7) is 8.27. The number of rotatable bonds is 5. The van der Waals surface area contributed by atoms with Crippen LogP contribution in [0.5, 0.6) is 0 Å². The van der Waals surface area contributed by atoms with Crippen molar-refractivity contribution in [2.45, 2.75) is 40.0 Å². The monoisotopic (exact) mass is 329 g/mol. The summed E-state index contributed by atoms with van der Waals surface area (Å²) in [5, 5.41) is 3.59. The van der Waals surface area contributed by atoms with Gasteiger partial charge in [-0.15, -0.1) is 0 Å². The third kappa shape index (κ3) is 4.84. The van der Waals surface area contributed by atoms with Crippen LogP contribution in [0.2, 0.25) is 5.02 Å². The summed E-state index contributed by atoms with van der Waals surface area (Å²) in [5.74, 6) is 0.401. The zero-order valence-corrected chi connectivity index (χ0v) is 14.9. The number of anilines is 1. The molecule has 0 aliphatic rings. The topological polar surface area (TPSA) is 29.1 Å². The molecule has 2 aromatic carbocycles. The predicted molar refractivity (Wildman–Crippen MR) is 98.2 cm³/mol. The number of hydrogen-bond donors (Lipinski definition) is 1. The van der Waals surface area contributed by atoms with Crippen molar-refractivity contribution < 1.29 is 4.79 Å². The van der Waals surface area contributed by atoms with Crippen LogP contribution in [0.3, 0.4) is 0 Å². The Balaban J connectivity index is 2.05.